The molecule has 0 aliphatic carbocycles. The summed E-state index contributed by atoms with van der Waals surface area (Å²) in [6.07, 6.45) is 1.36. The summed E-state index contributed by atoms with van der Waals surface area (Å²) in [5, 5.41) is 0. The fourth-order valence-corrected chi connectivity index (χ4v) is 0.715. The van der Waals surface area contributed by atoms with E-state index in [-0.39, 0.29) is 5.91 Å². The molecule has 1 saturated heterocycles. The Bertz CT molecular complexity index is 179. The number of nitrogens with zero attached hydrogens (tertiary/aromatic N) is 1. The van der Waals surface area contributed by atoms with Crippen LogP contribution >= 0.6 is 0 Å². The summed E-state index contributed by atoms with van der Waals surface area (Å²) in [6.45, 7) is 6.20. The van der Waals surface area contributed by atoms with Crippen LogP contribution in [0.15, 0.2) is 18.4 Å². The molecule has 1 heterocycles. The Kier molecular flexibility index (Phi) is 1.41. The number of rotatable bonds is 1. The molecular weight excluding hydrogens is 114 g/mol. The van der Waals surface area contributed by atoms with Crippen molar-refractivity contribution < 1.29 is 4.79 Å². The van der Waals surface area contributed by atoms with Gasteiger partial charge in [-0.3, -0.25) is 4.79 Å². The molecule has 0 spiro atoms. The van der Waals surface area contributed by atoms with E-state index >= 15 is 0 Å². The Morgan fingerprint density at radius 2 is 2.56 bits per heavy atom. The molecule has 0 aromatic rings. The van der Waals surface area contributed by atoms with Crippen LogP contribution in [-0.4, -0.2) is 23.4 Å². The van der Waals surface area contributed by atoms with E-state index in [0.717, 1.165) is 6.54 Å². The van der Waals surface area contributed by atoms with Gasteiger partial charge in [0, 0.05) is 18.7 Å². The van der Waals surface area contributed by atoms with Crippen molar-refractivity contribution in [2.24, 2.45) is 0 Å². The SMILES string of the molecule is C=C=CC(=O)N1CC1C. The monoisotopic (exact) mass is 123 g/mol. The highest BCUT2D eigenvalue weighted by atomic mass is 16.2. The van der Waals surface area contributed by atoms with E-state index < -0.39 is 0 Å². The molecule has 1 atom stereocenters. The molecule has 1 unspecified atom stereocenters. The highest BCUT2D eigenvalue weighted by Crippen LogP contribution is 2.15. The minimum Gasteiger partial charge on any atom is -0.332 e. The molecule has 2 nitrogen and oxygen atoms in total. The van der Waals surface area contributed by atoms with Crippen LogP contribution < -0.4 is 0 Å². The molecule has 1 fully saturated rings. The van der Waals surface area contributed by atoms with Crippen molar-refractivity contribution in [1.29, 1.82) is 0 Å². The second-order valence-corrected chi connectivity index (χ2v) is 2.19. The molecule has 9 heavy (non-hydrogen) atoms. The maximum absolute atomic E-state index is 10.8. The van der Waals surface area contributed by atoms with Gasteiger partial charge < -0.3 is 4.90 Å². The van der Waals surface area contributed by atoms with Gasteiger partial charge in [-0.05, 0) is 6.92 Å². The number of carbonyl (C=O) groups is 1. The zero-order valence-electron chi connectivity index (χ0n) is 5.42. The molecule has 0 aromatic carbocycles. The first-order chi connectivity index (χ1) is 4.25. The highest BCUT2D eigenvalue weighted by Gasteiger charge is 2.32. The van der Waals surface area contributed by atoms with Crippen LogP contribution in [0, 0.1) is 0 Å². The van der Waals surface area contributed by atoms with E-state index in [0.29, 0.717) is 6.04 Å². The number of amides is 1. The summed E-state index contributed by atoms with van der Waals surface area (Å²) in [6, 6.07) is 0.432. The quantitative estimate of drug-likeness (QED) is 0.283. The average Bonchev–Trinajstić information content (AvgIpc) is 2.47. The molecule has 1 amide bonds. The first-order valence-corrected chi connectivity index (χ1v) is 2.92. The van der Waals surface area contributed by atoms with Crippen LogP contribution in [-0.2, 0) is 4.79 Å². The van der Waals surface area contributed by atoms with Gasteiger partial charge in [0.05, 0.1) is 0 Å². The molecule has 0 aromatic heterocycles. The second kappa shape index (κ2) is 2.08. The van der Waals surface area contributed by atoms with Gasteiger partial charge in [0.2, 0.25) is 0 Å². The predicted molar refractivity (Wildman–Crippen MR) is 34.9 cm³/mol. The smallest absolute Gasteiger partial charge is 0.254 e. The molecule has 0 saturated carbocycles. The Morgan fingerprint density at radius 1 is 2.00 bits per heavy atom. The minimum absolute atomic E-state index is 0.0255. The molecule has 0 radical (unpaired) electrons. The van der Waals surface area contributed by atoms with Crippen LogP contribution in [0.5, 0.6) is 0 Å². The summed E-state index contributed by atoms with van der Waals surface area (Å²) in [5.41, 5.74) is 2.44. The molecule has 1 aliphatic rings. The average molecular weight is 123 g/mol. The first kappa shape index (κ1) is 6.12. The Morgan fingerprint density at radius 3 is 2.89 bits per heavy atom. The van der Waals surface area contributed by atoms with Gasteiger partial charge in [0.1, 0.15) is 0 Å². The third kappa shape index (κ3) is 1.21. The molecular formula is C7H9NO. The second-order valence-electron chi connectivity index (χ2n) is 2.19. The van der Waals surface area contributed by atoms with E-state index in [2.05, 4.69) is 12.3 Å². The van der Waals surface area contributed by atoms with Crippen molar-refractivity contribution in [3.63, 3.8) is 0 Å². The Labute approximate surface area is 54.5 Å². The van der Waals surface area contributed by atoms with Crippen LogP contribution in [0.1, 0.15) is 6.92 Å². The normalized spacial score (nSPS) is 22.8. The van der Waals surface area contributed by atoms with Gasteiger partial charge in [-0.25, -0.2) is 0 Å². The zero-order valence-corrected chi connectivity index (χ0v) is 5.42. The standard InChI is InChI=1S/C7H9NO/c1-3-4-7(9)8-5-6(8)2/h4,6H,1,5H2,2H3. The Hall–Kier alpha value is -1.01. The van der Waals surface area contributed by atoms with Gasteiger partial charge >= 0.3 is 0 Å². The lowest BCUT2D eigenvalue weighted by molar-refractivity contribution is -0.121. The van der Waals surface area contributed by atoms with Crippen molar-refractivity contribution in [1.82, 2.24) is 4.90 Å². The van der Waals surface area contributed by atoms with Crippen molar-refractivity contribution in [2.75, 3.05) is 6.54 Å². The van der Waals surface area contributed by atoms with E-state index in [1.54, 1.807) is 4.90 Å². The van der Waals surface area contributed by atoms with E-state index in [4.69, 9.17) is 0 Å². The van der Waals surface area contributed by atoms with E-state index in [1.165, 1.54) is 6.08 Å². The van der Waals surface area contributed by atoms with Crippen molar-refractivity contribution in [3.05, 3.63) is 18.4 Å². The zero-order chi connectivity index (χ0) is 6.85. The molecule has 2 heteroatoms. The fraction of sp³-hybridized carbons (Fsp3) is 0.429. The summed E-state index contributed by atoms with van der Waals surface area (Å²) in [4.78, 5) is 12.5. The third-order valence-corrected chi connectivity index (χ3v) is 1.37. The number of hydrogen-bond donors (Lipinski definition) is 0. The number of carbonyl (C=O) groups excluding carboxylic acids is 1. The van der Waals surface area contributed by atoms with Gasteiger partial charge in [-0.1, -0.05) is 6.58 Å². The maximum atomic E-state index is 10.8. The molecule has 0 bridgehead atoms. The van der Waals surface area contributed by atoms with Crippen molar-refractivity contribution in [3.8, 4) is 0 Å². The van der Waals surface area contributed by atoms with Crippen LogP contribution in [0.2, 0.25) is 0 Å². The predicted octanol–water partition coefficient (Wildman–Crippen LogP) is 0.558. The summed E-state index contributed by atoms with van der Waals surface area (Å²) >= 11 is 0. The first-order valence-electron chi connectivity index (χ1n) is 2.92. The molecule has 0 N–H and O–H groups in total. The molecule has 1 rings (SSSR count). The largest absolute Gasteiger partial charge is 0.332 e. The van der Waals surface area contributed by atoms with E-state index in [9.17, 15) is 4.79 Å². The van der Waals surface area contributed by atoms with Gasteiger partial charge in [-0.2, -0.15) is 0 Å². The summed E-state index contributed by atoms with van der Waals surface area (Å²) in [5.74, 6) is 0.0255. The van der Waals surface area contributed by atoms with Crippen LogP contribution in [0.3, 0.4) is 0 Å². The lowest BCUT2D eigenvalue weighted by Gasteiger charge is -1.91. The highest BCUT2D eigenvalue weighted by molar-refractivity contribution is 5.89. The topological polar surface area (TPSA) is 20.1 Å². The van der Waals surface area contributed by atoms with Gasteiger partial charge in [0.25, 0.3) is 5.91 Å². The Balaban J connectivity index is 2.45. The van der Waals surface area contributed by atoms with E-state index in [1.807, 2.05) is 6.92 Å². The lowest BCUT2D eigenvalue weighted by atomic mass is 10.5. The van der Waals surface area contributed by atoms with Gasteiger partial charge in [0.15, 0.2) is 0 Å². The maximum Gasteiger partial charge on any atom is 0.254 e. The van der Waals surface area contributed by atoms with Crippen molar-refractivity contribution >= 4 is 5.91 Å². The number of hydrogen-bond acceptors (Lipinski definition) is 1. The molecule has 1 aliphatic heterocycles. The van der Waals surface area contributed by atoms with Gasteiger partial charge in [-0.15, -0.1) is 5.73 Å². The summed E-state index contributed by atoms with van der Waals surface area (Å²) in [7, 11) is 0. The van der Waals surface area contributed by atoms with Crippen molar-refractivity contribution in [2.45, 2.75) is 13.0 Å². The lowest BCUT2D eigenvalue weighted by Crippen LogP contribution is -2.07. The third-order valence-electron chi connectivity index (χ3n) is 1.37. The van der Waals surface area contributed by atoms with Crippen LogP contribution in [0.25, 0.3) is 0 Å². The van der Waals surface area contributed by atoms with Crippen LogP contribution in [0.4, 0.5) is 0 Å². The fourth-order valence-electron chi connectivity index (χ4n) is 0.715. The minimum atomic E-state index is 0.0255. The summed E-state index contributed by atoms with van der Waals surface area (Å²) < 4.78 is 0. The molecule has 48 valence electrons.